The van der Waals surface area contributed by atoms with Gasteiger partial charge in [0.25, 0.3) is 0 Å². The topological polar surface area (TPSA) is 110 Å². The predicted octanol–water partition coefficient (Wildman–Crippen LogP) is -0.0302. The highest BCUT2D eigenvalue weighted by atomic mass is 32.2. The molecule has 1 unspecified atom stereocenters. The van der Waals surface area contributed by atoms with Crippen molar-refractivity contribution in [2.24, 2.45) is 5.92 Å². The summed E-state index contributed by atoms with van der Waals surface area (Å²) in [4.78, 5) is 21.3. The van der Waals surface area contributed by atoms with E-state index in [1.165, 1.54) is 0 Å². The summed E-state index contributed by atoms with van der Waals surface area (Å²) >= 11 is 0. The lowest BCUT2D eigenvalue weighted by molar-refractivity contribution is -0.140. The molecule has 0 bridgehead atoms. The second-order valence-corrected chi connectivity index (χ2v) is 5.76. The molecule has 0 spiro atoms. The quantitative estimate of drug-likeness (QED) is 0.574. The molecule has 2 N–H and O–H groups in total. The molecule has 7 nitrogen and oxygen atoms in total. The maximum atomic E-state index is 11.4. The maximum absolute atomic E-state index is 11.4. The van der Waals surface area contributed by atoms with Gasteiger partial charge in [-0.25, -0.2) is 13.1 Å². The number of esters is 1. The Morgan fingerprint density at radius 2 is 2.00 bits per heavy atom. The first-order chi connectivity index (χ1) is 8.26. The van der Waals surface area contributed by atoms with Crippen LogP contribution in [0.2, 0.25) is 0 Å². The normalized spacial score (nSPS) is 13.0. The standard InChI is InChI=1S/C10H19NO6S/c1-3-17-10(14)7-18(15,16)11-6-8(2)4-5-9(12)13/h8,11H,3-7H2,1-2H3,(H,12,13). The number of carbonyl (C=O) groups excluding carboxylic acids is 1. The molecule has 106 valence electrons. The number of nitrogens with one attached hydrogen (secondary N) is 1. The van der Waals surface area contributed by atoms with Crippen LogP contribution >= 0.6 is 0 Å². The largest absolute Gasteiger partial charge is 0.481 e. The van der Waals surface area contributed by atoms with E-state index < -0.39 is 27.7 Å². The van der Waals surface area contributed by atoms with Gasteiger partial charge in [-0.2, -0.15) is 0 Å². The Morgan fingerprint density at radius 1 is 1.39 bits per heavy atom. The predicted molar refractivity (Wildman–Crippen MR) is 64.5 cm³/mol. The van der Waals surface area contributed by atoms with E-state index in [9.17, 15) is 18.0 Å². The van der Waals surface area contributed by atoms with Gasteiger partial charge in [0.05, 0.1) is 6.61 Å². The monoisotopic (exact) mass is 281 g/mol. The summed E-state index contributed by atoms with van der Waals surface area (Å²) in [6.45, 7) is 3.56. The SMILES string of the molecule is CCOC(=O)CS(=O)(=O)NCC(C)CCC(=O)O. The molecule has 0 aliphatic carbocycles. The Bertz CT molecular complexity index is 378. The number of sulfonamides is 1. The third kappa shape index (κ3) is 8.94. The molecular weight excluding hydrogens is 262 g/mol. The highest BCUT2D eigenvalue weighted by Gasteiger charge is 2.18. The summed E-state index contributed by atoms with van der Waals surface area (Å²) in [6.07, 6.45) is 0.359. The van der Waals surface area contributed by atoms with E-state index >= 15 is 0 Å². The Hall–Kier alpha value is -1.15. The zero-order valence-corrected chi connectivity index (χ0v) is 11.3. The van der Waals surface area contributed by atoms with E-state index in [4.69, 9.17) is 5.11 Å². The van der Waals surface area contributed by atoms with Crippen LogP contribution in [0.25, 0.3) is 0 Å². The molecular formula is C10H19NO6S. The van der Waals surface area contributed by atoms with Crippen molar-refractivity contribution in [2.75, 3.05) is 18.9 Å². The second-order valence-electron chi connectivity index (χ2n) is 3.95. The smallest absolute Gasteiger partial charge is 0.322 e. The lowest BCUT2D eigenvalue weighted by atomic mass is 10.1. The molecule has 8 heteroatoms. The molecule has 0 aliphatic heterocycles. The van der Waals surface area contributed by atoms with Crippen LogP contribution in [0.15, 0.2) is 0 Å². The average molecular weight is 281 g/mol. The van der Waals surface area contributed by atoms with Gasteiger partial charge in [-0.3, -0.25) is 9.59 Å². The van der Waals surface area contributed by atoms with Crippen LogP contribution in [0, 0.1) is 5.92 Å². The van der Waals surface area contributed by atoms with Crippen LogP contribution in [-0.4, -0.2) is 44.4 Å². The van der Waals surface area contributed by atoms with Gasteiger partial charge < -0.3 is 9.84 Å². The average Bonchev–Trinajstić information content (AvgIpc) is 2.23. The van der Waals surface area contributed by atoms with E-state index in [1.807, 2.05) is 0 Å². The molecule has 0 amide bonds. The van der Waals surface area contributed by atoms with Crippen LogP contribution in [-0.2, 0) is 24.3 Å². The van der Waals surface area contributed by atoms with Crippen molar-refractivity contribution in [1.29, 1.82) is 0 Å². The fourth-order valence-corrected chi connectivity index (χ4v) is 2.18. The highest BCUT2D eigenvalue weighted by molar-refractivity contribution is 7.90. The molecule has 0 heterocycles. The van der Waals surface area contributed by atoms with Crippen molar-refractivity contribution in [3.05, 3.63) is 0 Å². The summed E-state index contributed by atoms with van der Waals surface area (Å²) in [7, 11) is -3.71. The zero-order chi connectivity index (χ0) is 14.2. The number of carbonyl (C=O) groups is 2. The second kappa shape index (κ2) is 8.04. The molecule has 0 rings (SSSR count). The van der Waals surface area contributed by atoms with Crippen molar-refractivity contribution in [2.45, 2.75) is 26.7 Å². The first kappa shape index (κ1) is 16.9. The van der Waals surface area contributed by atoms with E-state index in [1.54, 1.807) is 13.8 Å². The lowest BCUT2D eigenvalue weighted by Gasteiger charge is -2.11. The summed E-state index contributed by atoms with van der Waals surface area (Å²) in [5.41, 5.74) is 0. The third-order valence-electron chi connectivity index (χ3n) is 2.12. The van der Waals surface area contributed by atoms with Gasteiger partial charge in [0.1, 0.15) is 0 Å². The summed E-state index contributed by atoms with van der Waals surface area (Å²) in [6, 6.07) is 0. The number of ether oxygens (including phenoxy) is 1. The number of carboxylic acids is 1. The van der Waals surface area contributed by atoms with E-state index in [0.717, 1.165) is 0 Å². The Morgan fingerprint density at radius 3 is 2.50 bits per heavy atom. The van der Waals surface area contributed by atoms with Crippen LogP contribution in [0.4, 0.5) is 0 Å². The van der Waals surface area contributed by atoms with Crippen molar-refractivity contribution in [3.8, 4) is 0 Å². The van der Waals surface area contributed by atoms with Gasteiger partial charge in [-0.1, -0.05) is 6.92 Å². The Balaban J connectivity index is 4.03. The first-order valence-electron chi connectivity index (χ1n) is 5.61. The molecule has 18 heavy (non-hydrogen) atoms. The zero-order valence-electron chi connectivity index (χ0n) is 10.5. The molecule has 0 saturated carbocycles. The molecule has 1 atom stereocenters. The fourth-order valence-electron chi connectivity index (χ4n) is 1.15. The van der Waals surface area contributed by atoms with E-state index in [0.29, 0.717) is 6.42 Å². The van der Waals surface area contributed by atoms with Crippen molar-refractivity contribution in [3.63, 3.8) is 0 Å². The number of rotatable bonds is 9. The molecule has 0 aromatic rings. The molecule has 0 aromatic heterocycles. The van der Waals surface area contributed by atoms with Crippen LogP contribution in [0.1, 0.15) is 26.7 Å². The van der Waals surface area contributed by atoms with Gasteiger partial charge in [0.2, 0.25) is 10.0 Å². The number of carboxylic acid groups (broad SMARTS) is 1. The molecule has 0 aliphatic rings. The fraction of sp³-hybridized carbons (Fsp3) is 0.800. The molecule has 0 aromatic carbocycles. The van der Waals surface area contributed by atoms with Crippen molar-refractivity contribution >= 4 is 22.0 Å². The van der Waals surface area contributed by atoms with Gasteiger partial charge in [-0.15, -0.1) is 0 Å². The van der Waals surface area contributed by atoms with Gasteiger partial charge in [0.15, 0.2) is 5.75 Å². The summed E-state index contributed by atoms with van der Waals surface area (Å²) < 4.78 is 29.6. The minimum absolute atomic E-state index is 0.0131. The minimum Gasteiger partial charge on any atom is -0.481 e. The number of hydrogen-bond acceptors (Lipinski definition) is 5. The maximum Gasteiger partial charge on any atom is 0.322 e. The van der Waals surface area contributed by atoms with E-state index in [2.05, 4.69) is 9.46 Å². The van der Waals surface area contributed by atoms with E-state index in [-0.39, 0.29) is 25.5 Å². The van der Waals surface area contributed by atoms with Gasteiger partial charge in [0, 0.05) is 13.0 Å². The molecule has 0 saturated heterocycles. The summed E-state index contributed by atoms with van der Waals surface area (Å²) in [5.74, 6) is -2.55. The van der Waals surface area contributed by atoms with Gasteiger partial charge >= 0.3 is 11.9 Å². The van der Waals surface area contributed by atoms with Crippen molar-refractivity contribution in [1.82, 2.24) is 4.72 Å². The molecule has 0 fully saturated rings. The van der Waals surface area contributed by atoms with Crippen molar-refractivity contribution < 1.29 is 27.9 Å². The lowest BCUT2D eigenvalue weighted by Crippen LogP contribution is -2.34. The van der Waals surface area contributed by atoms with Crippen LogP contribution in [0.3, 0.4) is 0 Å². The Kier molecular flexibility index (Phi) is 7.53. The number of hydrogen-bond donors (Lipinski definition) is 2. The van der Waals surface area contributed by atoms with Gasteiger partial charge in [-0.05, 0) is 19.3 Å². The van der Waals surface area contributed by atoms with Crippen LogP contribution < -0.4 is 4.72 Å². The third-order valence-corrected chi connectivity index (χ3v) is 3.34. The summed E-state index contributed by atoms with van der Waals surface area (Å²) in [5, 5.41) is 8.47. The highest BCUT2D eigenvalue weighted by Crippen LogP contribution is 2.04. The Labute approximate surface area is 107 Å². The number of aliphatic carboxylic acids is 1. The first-order valence-corrected chi connectivity index (χ1v) is 7.26. The minimum atomic E-state index is -3.71. The van der Waals surface area contributed by atoms with Crippen LogP contribution in [0.5, 0.6) is 0 Å². The molecule has 0 radical (unpaired) electrons.